The number of hydrogen-bond acceptors (Lipinski definition) is 5. The average molecular weight is 445 g/mol. The van der Waals surface area contributed by atoms with Crippen LogP contribution < -0.4 is 15.8 Å². The summed E-state index contributed by atoms with van der Waals surface area (Å²) in [5.41, 5.74) is 2.82. The van der Waals surface area contributed by atoms with Crippen molar-refractivity contribution in [1.82, 2.24) is 4.98 Å². The minimum Gasteiger partial charge on any atom is -0.493 e. The number of hydrogen-bond donors (Lipinski definition) is 2. The number of pyridine rings is 1. The van der Waals surface area contributed by atoms with Crippen molar-refractivity contribution in [2.45, 2.75) is 37.6 Å². The zero-order valence-electron chi connectivity index (χ0n) is 16.8. The minimum absolute atomic E-state index is 0.113. The number of nitrogens with one attached hydrogen (secondary N) is 1. The van der Waals surface area contributed by atoms with Gasteiger partial charge in [-0.25, -0.2) is 9.37 Å². The van der Waals surface area contributed by atoms with E-state index >= 15 is 0 Å². The van der Waals surface area contributed by atoms with Crippen LogP contribution in [0.1, 0.15) is 25.3 Å². The Morgan fingerprint density at radius 2 is 1.94 bits per heavy atom. The van der Waals surface area contributed by atoms with E-state index in [0.29, 0.717) is 0 Å². The molecule has 1 saturated heterocycles. The molecule has 0 radical (unpaired) electrons. The number of halogens is 5. The Balaban J connectivity index is 2.07. The van der Waals surface area contributed by atoms with Gasteiger partial charge in [-0.3, -0.25) is 4.79 Å². The van der Waals surface area contributed by atoms with Gasteiger partial charge in [0.1, 0.15) is 11.9 Å². The number of amides is 1. The van der Waals surface area contributed by atoms with Gasteiger partial charge in [-0.1, -0.05) is 13.0 Å². The van der Waals surface area contributed by atoms with Crippen LogP contribution >= 0.6 is 0 Å². The second-order valence-corrected chi connectivity index (χ2v) is 7.40. The van der Waals surface area contributed by atoms with Crippen molar-refractivity contribution in [3.63, 3.8) is 0 Å². The summed E-state index contributed by atoms with van der Waals surface area (Å²) in [5.74, 6) is -6.56. The van der Waals surface area contributed by atoms with E-state index in [4.69, 9.17) is 15.2 Å². The van der Waals surface area contributed by atoms with Crippen LogP contribution in [0.15, 0.2) is 30.5 Å². The van der Waals surface area contributed by atoms with Gasteiger partial charge in [-0.2, -0.15) is 17.6 Å². The van der Waals surface area contributed by atoms with Gasteiger partial charge in [-0.15, -0.1) is 0 Å². The zero-order valence-corrected chi connectivity index (χ0v) is 16.8. The smallest absolute Gasteiger partial charge is 0.417 e. The first-order valence-electron chi connectivity index (χ1n) is 9.19. The lowest BCUT2D eigenvalue weighted by atomic mass is 9.77. The van der Waals surface area contributed by atoms with E-state index in [1.807, 2.05) is 0 Å². The Morgan fingerprint density at radius 3 is 2.48 bits per heavy atom. The predicted molar refractivity (Wildman–Crippen MR) is 101 cm³/mol. The third-order valence-corrected chi connectivity index (χ3v) is 5.62. The molecule has 0 aliphatic carbocycles. The molecule has 4 unspecified atom stereocenters. The lowest BCUT2D eigenvalue weighted by Crippen LogP contribution is -2.47. The van der Waals surface area contributed by atoms with Crippen LogP contribution in [-0.2, 0) is 9.53 Å². The van der Waals surface area contributed by atoms with Crippen molar-refractivity contribution in [3.05, 3.63) is 47.7 Å². The van der Waals surface area contributed by atoms with Gasteiger partial charge in [-0.05, 0) is 25.1 Å². The Labute approximate surface area is 174 Å². The van der Waals surface area contributed by atoms with Gasteiger partial charge >= 0.3 is 6.18 Å². The SMILES string of the molecule is COc1c(C2C(C(=O)Nc3ccc(N)nc3)OC(C)(C(F)(F)F)C2C)ccc(F)c1F. The molecule has 168 valence electrons. The fourth-order valence-corrected chi connectivity index (χ4v) is 3.73. The van der Waals surface area contributed by atoms with Crippen molar-refractivity contribution in [3.8, 4) is 5.75 Å². The molecule has 11 heteroatoms. The molecule has 6 nitrogen and oxygen atoms in total. The Kier molecular flexibility index (Phi) is 5.83. The Hall–Kier alpha value is -2.95. The van der Waals surface area contributed by atoms with Crippen molar-refractivity contribution < 1.29 is 36.2 Å². The van der Waals surface area contributed by atoms with E-state index in [9.17, 15) is 26.7 Å². The monoisotopic (exact) mass is 445 g/mol. The number of aromatic nitrogens is 1. The first-order valence-corrected chi connectivity index (χ1v) is 9.19. The lowest BCUT2D eigenvalue weighted by Gasteiger charge is -2.32. The van der Waals surface area contributed by atoms with Crippen LogP contribution in [0.4, 0.5) is 33.5 Å². The fourth-order valence-electron chi connectivity index (χ4n) is 3.73. The maximum atomic E-state index is 14.3. The molecule has 1 aromatic carbocycles. The standard InChI is InChI=1S/C20H20F5N3O3/c1-9-14(11-5-6-12(21)15(22)16(11)30-3)17(31-19(9,2)20(23,24)25)18(29)28-10-4-7-13(26)27-8-10/h4-9,14,17H,1-3H3,(H2,26,27)(H,28,29). The van der Waals surface area contributed by atoms with E-state index in [0.717, 1.165) is 26.2 Å². The van der Waals surface area contributed by atoms with Gasteiger partial charge in [0.05, 0.1) is 19.0 Å². The summed E-state index contributed by atoms with van der Waals surface area (Å²) in [6.07, 6.45) is -5.30. The zero-order chi connectivity index (χ0) is 23.1. The molecule has 0 spiro atoms. The summed E-state index contributed by atoms with van der Waals surface area (Å²) in [6, 6.07) is 4.66. The first kappa shape index (κ1) is 22.7. The second-order valence-electron chi connectivity index (χ2n) is 7.40. The van der Waals surface area contributed by atoms with Crippen molar-refractivity contribution in [1.29, 1.82) is 0 Å². The van der Waals surface area contributed by atoms with Crippen molar-refractivity contribution >= 4 is 17.4 Å². The molecule has 0 saturated carbocycles. The third kappa shape index (κ3) is 3.89. The number of carbonyl (C=O) groups is 1. The Morgan fingerprint density at radius 1 is 1.26 bits per heavy atom. The quantitative estimate of drug-likeness (QED) is 0.694. The van der Waals surface area contributed by atoms with Gasteiger partial charge in [0, 0.05) is 17.4 Å². The number of benzene rings is 1. The highest BCUT2D eigenvalue weighted by molar-refractivity contribution is 5.95. The molecular weight excluding hydrogens is 425 g/mol. The number of alkyl halides is 3. The van der Waals surface area contributed by atoms with Gasteiger partial charge in [0.15, 0.2) is 17.2 Å². The van der Waals surface area contributed by atoms with Crippen LogP contribution in [0.3, 0.4) is 0 Å². The number of nitrogens with zero attached hydrogens (tertiary/aromatic N) is 1. The highest BCUT2D eigenvalue weighted by Crippen LogP contribution is 2.54. The lowest BCUT2D eigenvalue weighted by molar-refractivity contribution is -0.272. The topological polar surface area (TPSA) is 86.5 Å². The van der Waals surface area contributed by atoms with E-state index in [1.54, 1.807) is 0 Å². The summed E-state index contributed by atoms with van der Waals surface area (Å²) in [7, 11) is 1.06. The van der Waals surface area contributed by atoms with E-state index in [2.05, 4.69) is 10.3 Å². The number of anilines is 2. The van der Waals surface area contributed by atoms with Crippen LogP contribution in [-0.4, -0.2) is 35.9 Å². The number of ether oxygens (including phenoxy) is 2. The molecule has 2 aromatic rings. The largest absolute Gasteiger partial charge is 0.493 e. The van der Waals surface area contributed by atoms with Crippen molar-refractivity contribution in [2.24, 2.45) is 5.92 Å². The second kappa shape index (κ2) is 7.95. The number of carbonyl (C=O) groups excluding carboxylic acids is 1. The van der Waals surface area contributed by atoms with Gasteiger partial charge in [0.25, 0.3) is 5.91 Å². The average Bonchev–Trinajstić information content (AvgIpc) is 2.98. The molecule has 1 aliphatic heterocycles. The van der Waals surface area contributed by atoms with Crippen molar-refractivity contribution in [2.75, 3.05) is 18.2 Å². The van der Waals surface area contributed by atoms with Crippen LogP contribution in [0, 0.1) is 17.6 Å². The molecule has 1 fully saturated rings. The number of nitrogen functional groups attached to an aromatic ring is 1. The number of nitrogens with two attached hydrogens (primary N) is 1. The summed E-state index contributed by atoms with van der Waals surface area (Å²) < 4.78 is 79.8. The molecule has 3 N–H and O–H groups in total. The molecule has 3 rings (SSSR count). The molecule has 1 aromatic heterocycles. The molecule has 0 bridgehead atoms. The fraction of sp³-hybridized carbons (Fsp3) is 0.400. The van der Waals surface area contributed by atoms with Gasteiger partial charge < -0.3 is 20.5 Å². The van der Waals surface area contributed by atoms with E-state index in [1.165, 1.54) is 25.3 Å². The highest BCUT2D eigenvalue weighted by Gasteiger charge is 2.65. The van der Waals surface area contributed by atoms with Crippen LogP contribution in [0.2, 0.25) is 0 Å². The summed E-state index contributed by atoms with van der Waals surface area (Å²) >= 11 is 0. The van der Waals surface area contributed by atoms with Crippen LogP contribution in [0.25, 0.3) is 0 Å². The molecule has 1 aliphatic rings. The molecule has 2 heterocycles. The maximum Gasteiger partial charge on any atom is 0.417 e. The van der Waals surface area contributed by atoms with Gasteiger partial charge in [0.2, 0.25) is 5.82 Å². The summed E-state index contributed by atoms with van der Waals surface area (Å²) in [6.45, 7) is 2.05. The minimum atomic E-state index is -4.84. The molecule has 4 atom stereocenters. The summed E-state index contributed by atoms with van der Waals surface area (Å²) in [4.78, 5) is 16.7. The van der Waals surface area contributed by atoms with E-state index in [-0.39, 0.29) is 17.1 Å². The molecule has 31 heavy (non-hydrogen) atoms. The number of rotatable bonds is 4. The first-order chi connectivity index (χ1) is 14.4. The normalized spacial score (nSPS) is 26.0. The van der Waals surface area contributed by atoms with E-state index < -0.39 is 53.0 Å². The maximum absolute atomic E-state index is 14.3. The number of methoxy groups -OCH3 is 1. The Bertz CT molecular complexity index is 983. The molecular formula is C20H20F5N3O3. The van der Waals surface area contributed by atoms with Crippen LogP contribution in [0.5, 0.6) is 5.75 Å². The predicted octanol–water partition coefficient (Wildman–Crippen LogP) is 4.03. The molecule has 1 amide bonds. The third-order valence-electron chi connectivity index (χ3n) is 5.62. The highest BCUT2D eigenvalue weighted by atomic mass is 19.4. The summed E-state index contributed by atoms with van der Waals surface area (Å²) in [5, 5.41) is 2.43.